The van der Waals surface area contributed by atoms with Crippen LogP contribution < -0.4 is 10.2 Å². The van der Waals surface area contributed by atoms with Gasteiger partial charge in [-0.15, -0.1) is 0 Å². The third-order valence-corrected chi connectivity index (χ3v) is 4.68. The van der Waals surface area contributed by atoms with E-state index in [2.05, 4.69) is 5.32 Å². The minimum atomic E-state index is -0.277. The zero-order valence-electron chi connectivity index (χ0n) is 14.6. The normalized spacial score (nSPS) is 14.1. The van der Waals surface area contributed by atoms with Crippen LogP contribution in [-0.4, -0.2) is 30.0 Å². The second-order valence-electron chi connectivity index (χ2n) is 6.42. The van der Waals surface area contributed by atoms with Crippen molar-refractivity contribution in [1.82, 2.24) is 4.90 Å². The van der Waals surface area contributed by atoms with Gasteiger partial charge in [0.1, 0.15) is 0 Å². The molecule has 1 heterocycles. The molecule has 2 amide bonds. The Morgan fingerprint density at radius 1 is 0.962 bits per heavy atom. The second-order valence-corrected chi connectivity index (χ2v) is 6.42. The van der Waals surface area contributed by atoms with E-state index >= 15 is 0 Å². The molecule has 1 saturated heterocycles. The van der Waals surface area contributed by atoms with Crippen molar-refractivity contribution in [3.8, 4) is 0 Å². The number of anilines is 2. The first-order valence-electron chi connectivity index (χ1n) is 8.62. The first-order chi connectivity index (χ1) is 12.6. The predicted octanol–water partition coefficient (Wildman–Crippen LogP) is 4.44. The molecule has 5 nitrogen and oxygen atoms in total. The van der Waals surface area contributed by atoms with Gasteiger partial charge < -0.3 is 10.2 Å². The first kappa shape index (κ1) is 16.1. The number of benzene rings is 3. The quantitative estimate of drug-likeness (QED) is 0.722. The summed E-state index contributed by atoms with van der Waals surface area (Å²) in [5.41, 5.74) is 2.86. The Labute approximate surface area is 152 Å². The van der Waals surface area contributed by atoms with Gasteiger partial charge in [0.15, 0.2) is 0 Å². The molecule has 3 aromatic carbocycles. The summed E-state index contributed by atoms with van der Waals surface area (Å²) in [6.45, 7) is 3.14. The summed E-state index contributed by atoms with van der Waals surface area (Å²) in [6, 6.07) is 21.5. The molecule has 0 bridgehead atoms. The predicted molar refractivity (Wildman–Crippen MR) is 106 cm³/mol. The molecule has 0 radical (unpaired) electrons. The molecular weight excluding hydrogens is 324 g/mol. The van der Waals surface area contributed by atoms with Gasteiger partial charge >= 0.3 is 6.03 Å². The molecule has 1 aliphatic rings. The van der Waals surface area contributed by atoms with Gasteiger partial charge in [-0.1, -0.05) is 54.1 Å². The van der Waals surface area contributed by atoms with E-state index in [0.717, 1.165) is 22.1 Å². The highest BCUT2D eigenvalue weighted by atomic mass is 16.2. The Hall–Kier alpha value is -3.34. The van der Waals surface area contributed by atoms with Crippen molar-refractivity contribution in [2.45, 2.75) is 6.92 Å². The van der Waals surface area contributed by atoms with E-state index in [1.807, 2.05) is 78.6 Å². The van der Waals surface area contributed by atoms with Gasteiger partial charge in [-0.2, -0.15) is 0 Å². The molecule has 0 spiro atoms. The molecule has 0 unspecified atom stereocenters. The lowest BCUT2D eigenvalue weighted by Gasteiger charge is -2.21. The standard InChI is InChI=1S/C21H20N4O/c1-15-9-11-17(12-10-15)24-13-14-25(20(24)22)21(26)23-19-8-4-6-16-5-2-3-7-18(16)19/h2-12,22H,13-14H2,1H3,(H,23,26). The third kappa shape index (κ3) is 2.88. The maximum atomic E-state index is 12.7. The highest BCUT2D eigenvalue weighted by Gasteiger charge is 2.31. The monoisotopic (exact) mass is 344 g/mol. The van der Waals surface area contributed by atoms with Crippen molar-refractivity contribution < 1.29 is 4.79 Å². The van der Waals surface area contributed by atoms with E-state index in [9.17, 15) is 4.79 Å². The summed E-state index contributed by atoms with van der Waals surface area (Å²) >= 11 is 0. The minimum Gasteiger partial charge on any atom is -0.311 e. The van der Waals surface area contributed by atoms with Crippen LogP contribution in [0.25, 0.3) is 10.8 Å². The van der Waals surface area contributed by atoms with Crippen LogP contribution in [0.3, 0.4) is 0 Å². The average Bonchev–Trinajstić information content (AvgIpc) is 3.04. The summed E-state index contributed by atoms with van der Waals surface area (Å²) in [5, 5.41) is 13.4. The van der Waals surface area contributed by atoms with Crippen LogP contribution in [0.15, 0.2) is 66.7 Å². The highest BCUT2D eigenvalue weighted by molar-refractivity contribution is 6.11. The van der Waals surface area contributed by atoms with Crippen LogP contribution in [0.4, 0.5) is 16.2 Å². The van der Waals surface area contributed by atoms with Crippen molar-refractivity contribution in [3.63, 3.8) is 0 Å². The maximum Gasteiger partial charge on any atom is 0.328 e. The van der Waals surface area contributed by atoms with Gasteiger partial charge in [-0.3, -0.25) is 10.3 Å². The van der Waals surface area contributed by atoms with Crippen molar-refractivity contribution in [2.24, 2.45) is 0 Å². The van der Waals surface area contributed by atoms with Gasteiger partial charge in [0.2, 0.25) is 5.96 Å². The average molecular weight is 344 g/mol. The van der Waals surface area contributed by atoms with Crippen molar-refractivity contribution >= 4 is 34.1 Å². The largest absolute Gasteiger partial charge is 0.328 e. The van der Waals surface area contributed by atoms with E-state index < -0.39 is 0 Å². The smallest absolute Gasteiger partial charge is 0.311 e. The molecule has 26 heavy (non-hydrogen) atoms. The Morgan fingerprint density at radius 3 is 2.50 bits per heavy atom. The number of amides is 2. The van der Waals surface area contributed by atoms with E-state index in [1.165, 1.54) is 10.5 Å². The lowest BCUT2D eigenvalue weighted by Crippen LogP contribution is -2.39. The highest BCUT2D eigenvalue weighted by Crippen LogP contribution is 2.25. The number of carbonyl (C=O) groups excluding carboxylic acids is 1. The number of carbonyl (C=O) groups is 1. The molecule has 130 valence electrons. The molecule has 0 aliphatic carbocycles. The number of hydrogen-bond acceptors (Lipinski definition) is 2. The fourth-order valence-electron chi connectivity index (χ4n) is 3.25. The van der Waals surface area contributed by atoms with E-state index in [4.69, 9.17) is 5.41 Å². The zero-order valence-corrected chi connectivity index (χ0v) is 14.6. The molecule has 0 saturated carbocycles. The molecule has 3 aromatic rings. The number of nitrogens with zero attached hydrogens (tertiary/aromatic N) is 2. The zero-order chi connectivity index (χ0) is 18.1. The Balaban J connectivity index is 1.53. The van der Waals surface area contributed by atoms with Gasteiger partial charge in [0.25, 0.3) is 0 Å². The Bertz CT molecular complexity index is 975. The molecular formula is C21H20N4O. The lowest BCUT2D eigenvalue weighted by atomic mass is 10.1. The topological polar surface area (TPSA) is 59.4 Å². The SMILES string of the molecule is Cc1ccc(N2CCN(C(=O)Nc3cccc4ccccc34)C2=N)cc1. The summed E-state index contributed by atoms with van der Waals surface area (Å²) in [5.74, 6) is 0.201. The number of guanidine groups is 1. The van der Waals surface area contributed by atoms with E-state index in [1.54, 1.807) is 0 Å². The van der Waals surface area contributed by atoms with Crippen LogP contribution >= 0.6 is 0 Å². The molecule has 0 atom stereocenters. The Kier molecular flexibility index (Phi) is 4.05. The van der Waals surface area contributed by atoms with Crippen molar-refractivity contribution in [1.29, 1.82) is 5.41 Å². The lowest BCUT2D eigenvalue weighted by molar-refractivity contribution is 0.236. The second kappa shape index (κ2) is 6.52. The minimum absolute atomic E-state index is 0.201. The van der Waals surface area contributed by atoms with Crippen LogP contribution in [-0.2, 0) is 0 Å². The molecule has 1 fully saturated rings. The van der Waals surface area contributed by atoms with Gasteiger partial charge in [0, 0.05) is 24.2 Å². The number of fused-ring (bicyclic) bond motifs is 1. The van der Waals surface area contributed by atoms with Crippen molar-refractivity contribution in [2.75, 3.05) is 23.3 Å². The maximum absolute atomic E-state index is 12.7. The van der Waals surface area contributed by atoms with Gasteiger partial charge in [-0.05, 0) is 30.5 Å². The number of hydrogen-bond donors (Lipinski definition) is 2. The molecule has 2 N–H and O–H groups in total. The fraction of sp³-hybridized carbons (Fsp3) is 0.143. The summed E-state index contributed by atoms with van der Waals surface area (Å²) in [4.78, 5) is 16.1. The molecule has 5 heteroatoms. The Morgan fingerprint density at radius 2 is 1.69 bits per heavy atom. The van der Waals surface area contributed by atoms with E-state index in [0.29, 0.717) is 13.1 Å². The van der Waals surface area contributed by atoms with Gasteiger partial charge in [-0.25, -0.2) is 4.79 Å². The number of rotatable bonds is 2. The third-order valence-electron chi connectivity index (χ3n) is 4.68. The summed E-state index contributed by atoms with van der Waals surface area (Å²) in [6.07, 6.45) is 0. The number of aryl methyl sites for hydroxylation is 1. The van der Waals surface area contributed by atoms with Crippen molar-refractivity contribution in [3.05, 3.63) is 72.3 Å². The summed E-state index contributed by atoms with van der Waals surface area (Å²) < 4.78 is 0. The molecule has 1 aliphatic heterocycles. The number of urea groups is 1. The first-order valence-corrected chi connectivity index (χ1v) is 8.62. The van der Waals surface area contributed by atoms with Crippen LogP contribution in [0.1, 0.15) is 5.56 Å². The molecule has 4 rings (SSSR count). The van der Waals surface area contributed by atoms with Gasteiger partial charge in [0.05, 0.1) is 5.69 Å². The van der Waals surface area contributed by atoms with Crippen LogP contribution in [0.5, 0.6) is 0 Å². The fourth-order valence-corrected chi connectivity index (χ4v) is 3.25. The summed E-state index contributed by atoms with van der Waals surface area (Å²) in [7, 11) is 0. The molecule has 0 aromatic heterocycles. The van der Waals surface area contributed by atoms with E-state index in [-0.39, 0.29) is 12.0 Å². The van der Waals surface area contributed by atoms with Crippen LogP contribution in [0, 0.1) is 12.3 Å². The van der Waals surface area contributed by atoms with Crippen LogP contribution in [0.2, 0.25) is 0 Å². The number of nitrogens with one attached hydrogen (secondary N) is 2.